The van der Waals surface area contributed by atoms with E-state index in [1.165, 1.54) is 4.88 Å². The van der Waals surface area contributed by atoms with Gasteiger partial charge in [0.1, 0.15) is 0 Å². The van der Waals surface area contributed by atoms with Crippen LogP contribution in [0.1, 0.15) is 25.6 Å². The SMILES string of the molecule is CC(Cc1cccs1)N(C)CC(C)(C)CN. The molecule has 16 heavy (non-hydrogen) atoms. The summed E-state index contributed by atoms with van der Waals surface area (Å²) in [6, 6.07) is 4.91. The fourth-order valence-corrected chi connectivity index (χ4v) is 2.60. The molecule has 0 aliphatic heterocycles. The Morgan fingerprint density at radius 3 is 2.69 bits per heavy atom. The Kier molecular flexibility index (Phi) is 4.96. The first-order chi connectivity index (χ1) is 7.44. The third-order valence-electron chi connectivity index (χ3n) is 3.06. The van der Waals surface area contributed by atoms with Crippen LogP contribution < -0.4 is 5.73 Å². The van der Waals surface area contributed by atoms with Crippen LogP contribution in [0.5, 0.6) is 0 Å². The minimum absolute atomic E-state index is 0.207. The summed E-state index contributed by atoms with van der Waals surface area (Å²) in [5, 5.41) is 2.14. The van der Waals surface area contributed by atoms with E-state index in [1.54, 1.807) is 0 Å². The van der Waals surface area contributed by atoms with E-state index in [4.69, 9.17) is 5.73 Å². The molecule has 0 aliphatic carbocycles. The average molecular weight is 240 g/mol. The molecule has 0 amide bonds. The molecule has 1 rings (SSSR count). The van der Waals surface area contributed by atoms with Gasteiger partial charge in [0.2, 0.25) is 0 Å². The second kappa shape index (κ2) is 5.80. The van der Waals surface area contributed by atoms with Crippen molar-refractivity contribution in [2.75, 3.05) is 20.1 Å². The monoisotopic (exact) mass is 240 g/mol. The van der Waals surface area contributed by atoms with Crippen LogP contribution in [0.2, 0.25) is 0 Å². The summed E-state index contributed by atoms with van der Waals surface area (Å²) in [7, 11) is 2.19. The van der Waals surface area contributed by atoms with Gasteiger partial charge in [-0.15, -0.1) is 11.3 Å². The van der Waals surface area contributed by atoms with Crippen molar-refractivity contribution in [3.8, 4) is 0 Å². The van der Waals surface area contributed by atoms with Gasteiger partial charge in [0.25, 0.3) is 0 Å². The fourth-order valence-electron chi connectivity index (χ4n) is 1.77. The van der Waals surface area contributed by atoms with Crippen LogP contribution in [-0.4, -0.2) is 31.1 Å². The van der Waals surface area contributed by atoms with Crippen molar-refractivity contribution in [1.82, 2.24) is 4.90 Å². The van der Waals surface area contributed by atoms with Gasteiger partial charge in [-0.05, 0) is 43.8 Å². The highest BCUT2D eigenvalue weighted by atomic mass is 32.1. The third kappa shape index (κ3) is 4.24. The number of rotatable bonds is 6. The Labute approximate surface area is 103 Å². The number of nitrogens with zero attached hydrogens (tertiary/aromatic N) is 1. The van der Waals surface area contributed by atoms with Gasteiger partial charge in [0.15, 0.2) is 0 Å². The summed E-state index contributed by atoms with van der Waals surface area (Å²) < 4.78 is 0. The van der Waals surface area contributed by atoms with Crippen molar-refractivity contribution >= 4 is 11.3 Å². The van der Waals surface area contributed by atoms with Crippen LogP contribution in [0.3, 0.4) is 0 Å². The third-order valence-corrected chi connectivity index (χ3v) is 3.96. The maximum atomic E-state index is 5.77. The molecule has 0 saturated heterocycles. The first-order valence-corrected chi connectivity index (χ1v) is 6.75. The summed E-state index contributed by atoms with van der Waals surface area (Å²) in [6.07, 6.45) is 1.13. The molecular formula is C13H24N2S. The molecule has 92 valence electrons. The predicted molar refractivity (Wildman–Crippen MR) is 73.0 cm³/mol. The van der Waals surface area contributed by atoms with E-state index in [9.17, 15) is 0 Å². The minimum atomic E-state index is 0.207. The quantitative estimate of drug-likeness (QED) is 0.828. The second-order valence-electron chi connectivity index (χ2n) is 5.42. The molecule has 3 heteroatoms. The number of hydrogen-bond donors (Lipinski definition) is 1. The van der Waals surface area contributed by atoms with Crippen LogP contribution >= 0.6 is 11.3 Å². The lowest BCUT2D eigenvalue weighted by atomic mass is 9.92. The molecule has 0 aliphatic rings. The lowest BCUT2D eigenvalue weighted by molar-refractivity contribution is 0.173. The molecule has 0 saturated carbocycles. The largest absolute Gasteiger partial charge is 0.330 e. The highest BCUT2D eigenvalue weighted by molar-refractivity contribution is 7.09. The predicted octanol–water partition coefficient (Wildman–Crippen LogP) is 2.60. The molecule has 0 spiro atoms. The Bertz CT molecular complexity index is 293. The fraction of sp³-hybridized carbons (Fsp3) is 0.692. The van der Waals surface area contributed by atoms with Crippen LogP contribution in [0, 0.1) is 5.41 Å². The maximum Gasteiger partial charge on any atom is 0.0112 e. The summed E-state index contributed by atoms with van der Waals surface area (Å²) in [5.74, 6) is 0. The molecule has 0 aromatic carbocycles. The summed E-state index contributed by atoms with van der Waals surface area (Å²) >= 11 is 1.84. The minimum Gasteiger partial charge on any atom is -0.330 e. The highest BCUT2D eigenvalue weighted by Crippen LogP contribution is 2.18. The van der Waals surface area contributed by atoms with E-state index in [2.05, 4.69) is 50.2 Å². The molecule has 1 unspecified atom stereocenters. The van der Waals surface area contributed by atoms with Crippen molar-refractivity contribution in [1.29, 1.82) is 0 Å². The van der Waals surface area contributed by atoms with Gasteiger partial charge in [-0.1, -0.05) is 19.9 Å². The van der Waals surface area contributed by atoms with Crippen LogP contribution in [0.25, 0.3) is 0 Å². The molecule has 0 radical (unpaired) electrons. The van der Waals surface area contributed by atoms with E-state index in [0.29, 0.717) is 6.04 Å². The molecule has 0 fully saturated rings. The zero-order chi connectivity index (χ0) is 12.2. The maximum absolute atomic E-state index is 5.77. The molecule has 1 atom stereocenters. The zero-order valence-corrected chi connectivity index (χ0v) is 11.7. The lowest BCUT2D eigenvalue weighted by Crippen LogP contribution is -2.41. The number of likely N-dealkylation sites (N-methyl/N-ethyl adjacent to an activating group) is 1. The Morgan fingerprint density at radius 2 is 2.19 bits per heavy atom. The van der Waals surface area contributed by atoms with Crippen LogP contribution in [0.4, 0.5) is 0 Å². The first kappa shape index (κ1) is 13.7. The topological polar surface area (TPSA) is 29.3 Å². The average Bonchev–Trinajstić information content (AvgIpc) is 2.69. The van der Waals surface area contributed by atoms with E-state index in [0.717, 1.165) is 19.5 Å². The number of thiophene rings is 1. The summed E-state index contributed by atoms with van der Waals surface area (Å²) in [4.78, 5) is 3.87. The summed E-state index contributed by atoms with van der Waals surface area (Å²) in [6.45, 7) is 8.52. The molecule has 2 nitrogen and oxygen atoms in total. The molecule has 2 N–H and O–H groups in total. The second-order valence-corrected chi connectivity index (χ2v) is 6.45. The highest BCUT2D eigenvalue weighted by Gasteiger charge is 2.21. The van der Waals surface area contributed by atoms with Crippen molar-refractivity contribution in [2.45, 2.75) is 33.2 Å². The van der Waals surface area contributed by atoms with Crippen molar-refractivity contribution in [2.24, 2.45) is 11.1 Å². The van der Waals surface area contributed by atoms with Gasteiger partial charge >= 0.3 is 0 Å². The lowest BCUT2D eigenvalue weighted by Gasteiger charge is -2.32. The Morgan fingerprint density at radius 1 is 1.50 bits per heavy atom. The van der Waals surface area contributed by atoms with E-state index < -0.39 is 0 Å². The summed E-state index contributed by atoms with van der Waals surface area (Å²) in [5.41, 5.74) is 5.97. The van der Waals surface area contributed by atoms with Crippen molar-refractivity contribution in [3.63, 3.8) is 0 Å². The molecule has 1 heterocycles. The molecule has 0 bridgehead atoms. The molecular weight excluding hydrogens is 216 g/mol. The number of hydrogen-bond acceptors (Lipinski definition) is 3. The van der Waals surface area contributed by atoms with E-state index in [1.807, 2.05) is 11.3 Å². The van der Waals surface area contributed by atoms with E-state index in [-0.39, 0.29) is 5.41 Å². The van der Waals surface area contributed by atoms with Crippen molar-refractivity contribution in [3.05, 3.63) is 22.4 Å². The van der Waals surface area contributed by atoms with Gasteiger partial charge in [-0.2, -0.15) is 0 Å². The van der Waals surface area contributed by atoms with Crippen LogP contribution in [0.15, 0.2) is 17.5 Å². The molecule has 1 aromatic rings. The number of nitrogens with two attached hydrogens (primary N) is 1. The van der Waals surface area contributed by atoms with Crippen molar-refractivity contribution < 1.29 is 0 Å². The Balaban J connectivity index is 2.45. The van der Waals surface area contributed by atoms with Gasteiger partial charge in [-0.25, -0.2) is 0 Å². The van der Waals surface area contributed by atoms with Gasteiger partial charge in [0.05, 0.1) is 0 Å². The van der Waals surface area contributed by atoms with Gasteiger partial charge in [-0.3, -0.25) is 0 Å². The van der Waals surface area contributed by atoms with Crippen LogP contribution in [-0.2, 0) is 6.42 Å². The van der Waals surface area contributed by atoms with Gasteiger partial charge < -0.3 is 10.6 Å². The molecule has 1 aromatic heterocycles. The van der Waals surface area contributed by atoms with E-state index >= 15 is 0 Å². The zero-order valence-electron chi connectivity index (χ0n) is 10.9. The normalized spacial score (nSPS) is 14.4. The first-order valence-electron chi connectivity index (χ1n) is 5.87. The van der Waals surface area contributed by atoms with Gasteiger partial charge in [0, 0.05) is 17.5 Å². The standard InChI is InChI=1S/C13H24N2S/c1-11(8-12-6-5-7-16-12)15(4)10-13(2,3)9-14/h5-7,11H,8-10,14H2,1-4H3. The Hall–Kier alpha value is -0.380. The smallest absolute Gasteiger partial charge is 0.0112 e.